The second-order valence-corrected chi connectivity index (χ2v) is 6.94. The molecule has 1 aliphatic rings. The molecule has 0 unspecified atom stereocenters. The summed E-state index contributed by atoms with van der Waals surface area (Å²) in [5.74, 6) is -1.69. The molecule has 29 heavy (non-hydrogen) atoms. The van der Waals surface area contributed by atoms with E-state index < -0.39 is 41.8 Å². The predicted molar refractivity (Wildman–Crippen MR) is 102 cm³/mol. The number of urea groups is 1. The van der Waals surface area contributed by atoms with Gasteiger partial charge in [0.25, 0.3) is 5.91 Å². The van der Waals surface area contributed by atoms with E-state index in [0.717, 1.165) is 16.6 Å². The van der Waals surface area contributed by atoms with Crippen LogP contribution in [0.25, 0.3) is 6.08 Å². The van der Waals surface area contributed by atoms with Crippen molar-refractivity contribution in [2.75, 3.05) is 11.9 Å². The van der Waals surface area contributed by atoms with E-state index in [4.69, 9.17) is 0 Å². The lowest BCUT2D eigenvalue weighted by Crippen LogP contribution is -2.38. The number of hydrogen-bond acceptors (Lipinski definition) is 3. The van der Waals surface area contributed by atoms with Crippen molar-refractivity contribution in [3.05, 3.63) is 69.8 Å². The highest BCUT2D eigenvalue weighted by molar-refractivity contribution is 9.10. The Morgan fingerprint density at radius 3 is 2.55 bits per heavy atom. The van der Waals surface area contributed by atoms with Crippen molar-refractivity contribution < 1.29 is 27.6 Å². The summed E-state index contributed by atoms with van der Waals surface area (Å²) < 4.78 is 39.8. The number of anilines is 1. The van der Waals surface area contributed by atoms with Gasteiger partial charge in [-0.2, -0.15) is 13.2 Å². The fourth-order valence-electron chi connectivity index (χ4n) is 2.65. The number of benzene rings is 2. The van der Waals surface area contributed by atoms with E-state index in [0.29, 0.717) is 10.5 Å². The van der Waals surface area contributed by atoms with Crippen LogP contribution in [-0.2, 0) is 15.8 Å². The number of hydrogen-bond donors (Lipinski definition) is 2. The maximum atomic E-state index is 13.0. The zero-order valence-electron chi connectivity index (χ0n) is 14.6. The third kappa shape index (κ3) is 4.83. The highest BCUT2D eigenvalue weighted by Crippen LogP contribution is 2.34. The van der Waals surface area contributed by atoms with Gasteiger partial charge in [0, 0.05) is 4.47 Å². The van der Waals surface area contributed by atoms with E-state index in [9.17, 15) is 27.6 Å². The van der Waals surface area contributed by atoms with Gasteiger partial charge in [-0.05, 0) is 35.9 Å². The number of amides is 4. The number of carbonyl (C=O) groups is 3. The lowest BCUT2D eigenvalue weighted by molar-refractivity contribution is -0.137. The molecule has 0 radical (unpaired) electrons. The zero-order chi connectivity index (χ0) is 21.2. The quantitative estimate of drug-likeness (QED) is 0.526. The molecule has 0 spiro atoms. The highest BCUT2D eigenvalue weighted by atomic mass is 79.9. The summed E-state index contributed by atoms with van der Waals surface area (Å²) in [7, 11) is 0. The second-order valence-electron chi connectivity index (χ2n) is 6.03. The number of carbonyl (C=O) groups excluding carboxylic acids is 3. The van der Waals surface area contributed by atoms with Crippen molar-refractivity contribution in [3.63, 3.8) is 0 Å². The molecule has 0 bridgehead atoms. The number of para-hydroxylation sites is 1. The van der Waals surface area contributed by atoms with Crippen molar-refractivity contribution in [2.45, 2.75) is 6.18 Å². The third-order valence-corrected chi connectivity index (χ3v) is 4.42. The van der Waals surface area contributed by atoms with Crippen molar-refractivity contribution in [3.8, 4) is 0 Å². The number of alkyl halides is 3. The van der Waals surface area contributed by atoms with Crippen LogP contribution >= 0.6 is 15.9 Å². The van der Waals surface area contributed by atoms with Crippen LogP contribution in [0, 0.1) is 0 Å². The Kier molecular flexibility index (Phi) is 5.73. The van der Waals surface area contributed by atoms with Crippen molar-refractivity contribution in [2.24, 2.45) is 0 Å². The summed E-state index contributed by atoms with van der Waals surface area (Å²) in [6, 6.07) is 10.5. The molecular weight excluding hydrogens is 455 g/mol. The summed E-state index contributed by atoms with van der Waals surface area (Å²) in [5, 5.41) is 4.45. The van der Waals surface area contributed by atoms with E-state index in [-0.39, 0.29) is 5.70 Å². The first kappa shape index (κ1) is 20.6. The molecule has 3 rings (SSSR count). The molecule has 2 aromatic rings. The Labute approximate surface area is 171 Å². The average molecular weight is 468 g/mol. The number of imide groups is 1. The first-order valence-electron chi connectivity index (χ1n) is 8.21. The van der Waals surface area contributed by atoms with Gasteiger partial charge in [0.2, 0.25) is 5.91 Å². The van der Waals surface area contributed by atoms with Crippen molar-refractivity contribution in [1.29, 1.82) is 0 Å². The maximum Gasteiger partial charge on any atom is 0.418 e. The first-order chi connectivity index (χ1) is 13.6. The van der Waals surface area contributed by atoms with E-state index >= 15 is 0 Å². The summed E-state index contributed by atoms with van der Waals surface area (Å²) in [6.45, 7) is -0.729. The highest BCUT2D eigenvalue weighted by Gasteiger charge is 2.36. The number of halogens is 4. The summed E-state index contributed by atoms with van der Waals surface area (Å²) in [4.78, 5) is 37.3. The Bertz CT molecular complexity index is 1020. The second kappa shape index (κ2) is 8.08. The van der Waals surface area contributed by atoms with Crippen LogP contribution in [0.1, 0.15) is 11.1 Å². The molecule has 150 valence electrons. The van der Waals surface area contributed by atoms with Gasteiger partial charge in [-0.1, -0.05) is 40.2 Å². The SMILES string of the molecule is O=C(CN1C(=O)N/C(=C\c2cccc(Br)c2)C1=O)Nc1ccccc1C(F)(F)F. The molecule has 0 saturated carbocycles. The molecule has 10 heteroatoms. The molecule has 1 saturated heterocycles. The smallest absolute Gasteiger partial charge is 0.324 e. The van der Waals surface area contributed by atoms with Gasteiger partial charge in [0.1, 0.15) is 12.2 Å². The average Bonchev–Trinajstić information content (AvgIpc) is 2.89. The largest absolute Gasteiger partial charge is 0.418 e. The monoisotopic (exact) mass is 467 g/mol. The van der Waals surface area contributed by atoms with E-state index in [1.165, 1.54) is 18.2 Å². The zero-order valence-corrected chi connectivity index (χ0v) is 16.2. The summed E-state index contributed by atoms with van der Waals surface area (Å²) in [5.41, 5.74) is -0.896. The van der Waals surface area contributed by atoms with Crippen LogP contribution < -0.4 is 10.6 Å². The molecule has 6 nitrogen and oxygen atoms in total. The molecule has 0 aromatic heterocycles. The third-order valence-electron chi connectivity index (χ3n) is 3.93. The Balaban J connectivity index is 1.73. The van der Waals surface area contributed by atoms with Crippen LogP contribution in [0.2, 0.25) is 0 Å². The fraction of sp³-hybridized carbons (Fsp3) is 0.105. The van der Waals surface area contributed by atoms with Gasteiger partial charge in [0.15, 0.2) is 0 Å². The Morgan fingerprint density at radius 1 is 1.14 bits per heavy atom. The minimum atomic E-state index is -4.66. The molecule has 1 aliphatic heterocycles. The first-order valence-corrected chi connectivity index (χ1v) is 9.00. The minimum Gasteiger partial charge on any atom is -0.324 e. The predicted octanol–water partition coefficient (Wildman–Crippen LogP) is 4.00. The number of nitrogens with zero attached hydrogens (tertiary/aromatic N) is 1. The van der Waals surface area contributed by atoms with Crippen LogP contribution in [0.15, 0.2) is 58.7 Å². The van der Waals surface area contributed by atoms with Crippen molar-refractivity contribution in [1.82, 2.24) is 10.2 Å². The van der Waals surface area contributed by atoms with Gasteiger partial charge in [-0.3, -0.25) is 9.59 Å². The minimum absolute atomic E-state index is 0.0448. The van der Waals surface area contributed by atoms with Gasteiger partial charge in [-0.25, -0.2) is 9.69 Å². The van der Waals surface area contributed by atoms with Gasteiger partial charge >= 0.3 is 12.2 Å². The van der Waals surface area contributed by atoms with Crippen LogP contribution in [0.3, 0.4) is 0 Å². The summed E-state index contributed by atoms with van der Waals surface area (Å²) in [6.07, 6.45) is -3.23. The Morgan fingerprint density at radius 2 is 1.86 bits per heavy atom. The molecule has 1 heterocycles. The van der Waals surface area contributed by atoms with Crippen LogP contribution in [-0.4, -0.2) is 29.3 Å². The van der Waals surface area contributed by atoms with Crippen LogP contribution in [0.5, 0.6) is 0 Å². The van der Waals surface area contributed by atoms with Crippen LogP contribution in [0.4, 0.5) is 23.7 Å². The summed E-state index contributed by atoms with van der Waals surface area (Å²) >= 11 is 3.29. The maximum absolute atomic E-state index is 13.0. The topological polar surface area (TPSA) is 78.5 Å². The molecule has 4 amide bonds. The lowest BCUT2D eigenvalue weighted by atomic mass is 10.1. The molecular formula is C19H13BrF3N3O3. The van der Waals surface area contributed by atoms with Crippen molar-refractivity contribution >= 4 is 45.5 Å². The van der Waals surface area contributed by atoms with E-state index in [2.05, 4.69) is 26.6 Å². The Hall–Kier alpha value is -3.14. The fourth-order valence-corrected chi connectivity index (χ4v) is 3.07. The molecule has 0 atom stereocenters. The molecule has 2 aromatic carbocycles. The van der Waals surface area contributed by atoms with Gasteiger partial charge in [-0.15, -0.1) is 0 Å². The molecule has 0 aliphatic carbocycles. The lowest BCUT2D eigenvalue weighted by Gasteiger charge is -2.15. The van der Waals surface area contributed by atoms with E-state index in [1.54, 1.807) is 24.3 Å². The van der Waals surface area contributed by atoms with Gasteiger partial charge in [0.05, 0.1) is 11.3 Å². The normalized spacial score (nSPS) is 15.6. The number of nitrogens with one attached hydrogen (secondary N) is 2. The number of rotatable bonds is 4. The molecule has 1 fully saturated rings. The standard InChI is InChI=1S/C19H13BrF3N3O3/c20-12-5-3-4-11(8-12)9-15-17(28)26(18(29)25-15)10-16(27)24-14-7-2-1-6-13(14)19(21,22)23/h1-9H,10H2,(H,24,27)(H,25,29)/b15-9-. The molecule has 2 N–H and O–H groups in total. The van der Waals surface area contributed by atoms with E-state index in [1.807, 2.05) is 0 Å². The van der Waals surface area contributed by atoms with Gasteiger partial charge < -0.3 is 10.6 Å².